The summed E-state index contributed by atoms with van der Waals surface area (Å²) in [5.74, 6) is -5.93. The highest BCUT2D eigenvalue weighted by Gasteiger charge is 2.59. The predicted molar refractivity (Wildman–Crippen MR) is 74.3 cm³/mol. The molecule has 1 aromatic carbocycles. The van der Waals surface area contributed by atoms with Crippen molar-refractivity contribution in [3.63, 3.8) is 0 Å². The Morgan fingerprint density at radius 1 is 1.18 bits per heavy atom. The van der Waals surface area contributed by atoms with Crippen LogP contribution >= 0.6 is 0 Å². The Labute approximate surface area is 126 Å². The number of alkyl halides is 2. The fourth-order valence-corrected chi connectivity index (χ4v) is 3.37. The van der Waals surface area contributed by atoms with Crippen molar-refractivity contribution in [3.8, 4) is 0 Å². The molecule has 1 unspecified atom stereocenters. The largest absolute Gasteiger partial charge is 0.481 e. The molecule has 0 aromatic heterocycles. The van der Waals surface area contributed by atoms with Crippen LogP contribution in [0.5, 0.6) is 0 Å². The van der Waals surface area contributed by atoms with E-state index < -0.39 is 17.8 Å². The van der Waals surface area contributed by atoms with Crippen molar-refractivity contribution in [3.05, 3.63) is 35.9 Å². The number of benzene rings is 1. The highest BCUT2D eigenvalue weighted by Crippen LogP contribution is 2.59. The Bertz CT molecular complexity index is 595. The molecule has 0 radical (unpaired) electrons. The number of amides is 1. The Morgan fingerprint density at radius 3 is 2.27 bits per heavy atom. The molecule has 1 heterocycles. The van der Waals surface area contributed by atoms with Crippen LogP contribution in [-0.2, 0) is 15.5 Å². The first-order valence-corrected chi connectivity index (χ1v) is 7.32. The predicted octanol–water partition coefficient (Wildman–Crippen LogP) is 2.49. The quantitative estimate of drug-likeness (QED) is 0.933. The average Bonchev–Trinajstić information content (AvgIpc) is 3.22. The van der Waals surface area contributed by atoms with Crippen LogP contribution in [0.2, 0.25) is 0 Å². The summed E-state index contributed by atoms with van der Waals surface area (Å²) in [6.07, 6.45) is 1.57. The van der Waals surface area contributed by atoms with E-state index in [2.05, 4.69) is 0 Å². The summed E-state index contributed by atoms with van der Waals surface area (Å²) in [7, 11) is 0. The van der Waals surface area contributed by atoms with Gasteiger partial charge in [0.1, 0.15) is 0 Å². The van der Waals surface area contributed by atoms with E-state index in [1.165, 1.54) is 24.3 Å². The second-order valence-electron chi connectivity index (χ2n) is 6.19. The summed E-state index contributed by atoms with van der Waals surface area (Å²) in [6, 6.07) is 7.05. The van der Waals surface area contributed by atoms with Gasteiger partial charge in [-0.05, 0) is 24.7 Å². The standard InChI is InChI=1S/C16H17F2NO3/c17-16(18,11-4-2-1-3-5-11)14(22)19-8-6-15(7-9-19)10-12(15)13(20)21/h1-5,12H,6-10H2,(H,20,21). The molecule has 2 aliphatic rings. The van der Waals surface area contributed by atoms with Crippen LogP contribution in [-0.4, -0.2) is 35.0 Å². The number of carboxylic acid groups (broad SMARTS) is 1. The van der Waals surface area contributed by atoms with Gasteiger partial charge in [0.25, 0.3) is 5.91 Å². The lowest BCUT2D eigenvalue weighted by atomic mass is 9.90. The first kappa shape index (κ1) is 14.9. The molecule has 1 atom stereocenters. The summed E-state index contributed by atoms with van der Waals surface area (Å²) < 4.78 is 28.5. The van der Waals surface area contributed by atoms with Crippen LogP contribution in [0.15, 0.2) is 30.3 Å². The molecule has 1 N–H and O–H groups in total. The van der Waals surface area contributed by atoms with E-state index >= 15 is 0 Å². The van der Waals surface area contributed by atoms with Gasteiger partial charge in [0, 0.05) is 18.7 Å². The summed E-state index contributed by atoms with van der Waals surface area (Å²) in [4.78, 5) is 24.3. The van der Waals surface area contributed by atoms with Gasteiger partial charge in [-0.3, -0.25) is 9.59 Å². The van der Waals surface area contributed by atoms with E-state index in [1.807, 2.05) is 0 Å². The van der Waals surface area contributed by atoms with Crippen LogP contribution in [0, 0.1) is 11.3 Å². The molecule has 2 fully saturated rings. The van der Waals surface area contributed by atoms with Crippen LogP contribution in [0.4, 0.5) is 8.78 Å². The molecule has 1 aliphatic heterocycles. The van der Waals surface area contributed by atoms with Crippen molar-refractivity contribution < 1.29 is 23.5 Å². The zero-order valence-corrected chi connectivity index (χ0v) is 12.0. The van der Waals surface area contributed by atoms with Gasteiger partial charge in [-0.15, -0.1) is 0 Å². The number of piperidine rings is 1. The lowest BCUT2D eigenvalue weighted by Gasteiger charge is -2.34. The lowest BCUT2D eigenvalue weighted by Crippen LogP contribution is -2.46. The Balaban J connectivity index is 1.67. The first-order valence-electron chi connectivity index (χ1n) is 7.32. The summed E-state index contributed by atoms with van der Waals surface area (Å²) >= 11 is 0. The van der Waals surface area contributed by atoms with Gasteiger partial charge >= 0.3 is 11.9 Å². The molecule has 22 heavy (non-hydrogen) atoms. The Kier molecular flexibility index (Phi) is 3.42. The number of nitrogens with zero attached hydrogens (tertiary/aromatic N) is 1. The Morgan fingerprint density at radius 2 is 1.77 bits per heavy atom. The SMILES string of the molecule is O=C(O)C1CC12CCN(C(=O)C(F)(F)c1ccccc1)CC2. The van der Waals surface area contributed by atoms with Gasteiger partial charge in [0.2, 0.25) is 0 Å². The zero-order chi connectivity index (χ0) is 16.0. The lowest BCUT2D eigenvalue weighted by molar-refractivity contribution is -0.160. The third-order valence-corrected chi connectivity index (χ3v) is 4.94. The van der Waals surface area contributed by atoms with E-state index in [0.717, 1.165) is 4.90 Å². The molecule has 1 aromatic rings. The van der Waals surface area contributed by atoms with Gasteiger partial charge in [-0.2, -0.15) is 8.78 Å². The number of aliphatic carboxylic acids is 1. The highest BCUT2D eigenvalue weighted by atomic mass is 19.3. The summed E-state index contributed by atoms with van der Waals surface area (Å²) in [6.45, 7) is 0.399. The van der Waals surface area contributed by atoms with Crippen molar-refractivity contribution in [1.82, 2.24) is 4.90 Å². The van der Waals surface area contributed by atoms with Crippen LogP contribution < -0.4 is 0 Å². The van der Waals surface area contributed by atoms with Gasteiger partial charge in [-0.1, -0.05) is 30.3 Å². The number of carboxylic acids is 1. The molecule has 4 nitrogen and oxygen atoms in total. The molecule has 1 saturated heterocycles. The number of carbonyl (C=O) groups is 2. The third-order valence-electron chi connectivity index (χ3n) is 4.94. The maximum Gasteiger partial charge on any atom is 0.349 e. The minimum atomic E-state index is -3.54. The van der Waals surface area contributed by atoms with Crippen molar-refractivity contribution in [2.24, 2.45) is 11.3 Å². The number of hydrogen-bond acceptors (Lipinski definition) is 2. The topological polar surface area (TPSA) is 57.6 Å². The van der Waals surface area contributed by atoms with Gasteiger partial charge in [0.05, 0.1) is 5.92 Å². The maximum atomic E-state index is 14.3. The number of rotatable bonds is 3. The monoisotopic (exact) mass is 309 g/mol. The average molecular weight is 309 g/mol. The van der Waals surface area contributed by atoms with Crippen LogP contribution in [0.1, 0.15) is 24.8 Å². The van der Waals surface area contributed by atoms with Crippen molar-refractivity contribution in [1.29, 1.82) is 0 Å². The Hall–Kier alpha value is -1.98. The highest BCUT2D eigenvalue weighted by molar-refractivity contribution is 5.85. The van der Waals surface area contributed by atoms with Crippen molar-refractivity contribution >= 4 is 11.9 Å². The molecular formula is C16H17F2NO3. The van der Waals surface area contributed by atoms with Crippen LogP contribution in [0.25, 0.3) is 0 Å². The van der Waals surface area contributed by atoms with Crippen LogP contribution in [0.3, 0.4) is 0 Å². The molecule has 1 aliphatic carbocycles. The molecule has 1 amide bonds. The molecule has 3 rings (SSSR count). The summed E-state index contributed by atoms with van der Waals surface area (Å²) in [5.41, 5.74) is -0.583. The summed E-state index contributed by atoms with van der Waals surface area (Å²) in [5, 5.41) is 9.02. The molecule has 1 saturated carbocycles. The van der Waals surface area contributed by atoms with E-state index in [-0.39, 0.29) is 30.0 Å². The molecule has 6 heteroatoms. The second-order valence-corrected chi connectivity index (χ2v) is 6.19. The van der Waals surface area contributed by atoms with Gasteiger partial charge in [-0.25, -0.2) is 0 Å². The smallest absolute Gasteiger partial charge is 0.349 e. The van der Waals surface area contributed by atoms with E-state index in [4.69, 9.17) is 5.11 Å². The number of hydrogen-bond donors (Lipinski definition) is 1. The minimum Gasteiger partial charge on any atom is -0.481 e. The maximum absolute atomic E-state index is 14.3. The van der Waals surface area contributed by atoms with E-state index in [1.54, 1.807) is 6.07 Å². The van der Waals surface area contributed by atoms with Gasteiger partial charge < -0.3 is 10.0 Å². The number of likely N-dealkylation sites (tertiary alicyclic amines) is 1. The van der Waals surface area contributed by atoms with Gasteiger partial charge in [0.15, 0.2) is 0 Å². The normalized spacial score (nSPS) is 23.4. The fourth-order valence-electron chi connectivity index (χ4n) is 3.37. The minimum absolute atomic E-state index is 0.199. The molecular weight excluding hydrogens is 292 g/mol. The zero-order valence-electron chi connectivity index (χ0n) is 12.0. The van der Waals surface area contributed by atoms with Crippen molar-refractivity contribution in [2.75, 3.05) is 13.1 Å². The molecule has 0 bridgehead atoms. The second kappa shape index (κ2) is 5.04. The fraction of sp³-hybridized carbons (Fsp3) is 0.500. The first-order chi connectivity index (χ1) is 10.4. The van der Waals surface area contributed by atoms with E-state index in [0.29, 0.717) is 19.3 Å². The molecule has 118 valence electrons. The third kappa shape index (κ3) is 2.36. The number of halogens is 2. The van der Waals surface area contributed by atoms with Crippen molar-refractivity contribution in [2.45, 2.75) is 25.2 Å². The van der Waals surface area contributed by atoms with E-state index in [9.17, 15) is 18.4 Å². The number of carbonyl (C=O) groups excluding carboxylic acids is 1. The molecule has 1 spiro atoms.